The predicted octanol–water partition coefficient (Wildman–Crippen LogP) is 1.69. The van der Waals surface area contributed by atoms with Gasteiger partial charge in [-0.05, 0) is 55.9 Å². The summed E-state index contributed by atoms with van der Waals surface area (Å²) in [7, 11) is -9.52. The molecule has 2 atom stereocenters. The van der Waals surface area contributed by atoms with Crippen LogP contribution in [0.2, 0.25) is 0 Å². The van der Waals surface area contributed by atoms with Crippen molar-refractivity contribution in [1.29, 1.82) is 0 Å². The van der Waals surface area contributed by atoms with Crippen molar-refractivity contribution in [3.8, 4) is 9.85 Å². The Morgan fingerprint density at radius 3 is 2.08 bits per heavy atom. The molecule has 0 spiro atoms. The SMILES string of the molecule is CCC(C)C(C#C[I+]c1ccccc1)CCCNS(=O)(=O)c1ccc(C)cc1.O=S(=O)([O-])C(F)(F)F. The lowest BCUT2D eigenvalue weighted by atomic mass is 9.89. The van der Waals surface area contributed by atoms with E-state index in [1.165, 1.54) is 3.57 Å². The van der Waals surface area contributed by atoms with Crippen LogP contribution in [0.4, 0.5) is 13.2 Å². The molecular weight excluding hydrogens is 630 g/mol. The molecule has 0 saturated carbocycles. The summed E-state index contributed by atoms with van der Waals surface area (Å²) in [5, 5.41) is 0. The summed E-state index contributed by atoms with van der Waals surface area (Å²) in [6, 6.07) is 17.4. The summed E-state index contributed by atoms with van der Waals surface area (Å²) >= 11 is -0.283. The van der Waals surface area contributed by atoms with Crippen LogP contribution in [0, 0.1) is 32.2 Å². The van der Waals surface area contributed by atoms with E-state index < -0.39 is 25.6 Å². The van der Waals surface area contributed by atoms with Crippen molar-refractivity contribution < 1.29 is 55.8 Å². The summed E-state index contributed by atoms with van der Waals surface area (Å²) in [5.41, 5.74) is -4.60. The number of hydrogen-bond donors (Lipinski definition) is 1. The van der Waals surface area contributed by atoms with Gasteiger partial charge in [-0.15, -0.1) is 0 Å². The molecule has 2 unspecified atom stereocenters. The molecule has 2 aromatic carbocycles. The first-order valence-corrected chi connectivity index (χ1v) is 16.0. The lowest BCUT2D eigenvalue weighted by molar-refractivity contribution is -0.535. The van der Waals surface area contributed by atoms with E-state index in [9.17, 15) is 21.6 Å². The molecule has 2 aromatic rings. The molecule has 0 saturated heterocycles. The normalized spacial score (nSPS) is 13.5. The van der Waals surface area contributed by atoms with Crippen molar-refractivity contribution in [3.05, 3.63) is 63.7 Å². The maximum atomic E-state index is 12.4. The van der Waals surface area contributed by atoms with Crippen LogP contribution in [0.25, 0.3) is 0 Å². The number of benzene rings is 2. The van der Waals surface area contributed by atoms with Crippen LogP contribution >= 0.6 is 0 Å². The molecule has 1 N–H and O–H groups in total. The van der Waals surface area contributed by atoms with Gasteiger partial charge >= 0.3 is 26.7 Å². The van der Waals surface area contributed by atoms with Crippen LogP contribution in [0.3, 0.4) is 0 Å². The van der Waals surface area contributed by atoms with Gasteiger partial charge in [0.25, 0.3) is 0 Å². The Morgan fingerprint density at radius 2 is 1.58 bits per heavy atom. The molecule has 2 rings (SSSR count). The second-order valence-electron chi connectivity index (χ2n) is 7.87. The number of sulfonamides is 1. The van der Waals surface area contributed by atoms with Crippen molar-refractivity contribution in [2.45, 2.75) is 50.4 Å². The fraction of sp³-hybridized carbons (Fsp3) is 0.417. The van der Waals surface area contributed by atoms with Crippen LogP contribution in [0.1, 0.15) is 38.7 Å². The zero-order chi connectivity index (χ0) is 27.4. The smallest absolute Gasteiger partial charge is 0.485 e. The second kappa shape index (κ2) is 14.9. The molecule has 200 valence electrons. The number of rotatable bonds is 9. The largest absolute Gasteiger partial charge is 0.741 e. The van der Waals surface area contributed by atoms with Gasteiger partial charge in [-0.1, -0.05) is 56.2 Å². The molecule has 0 fully saturated rings. The summed E-state index contributed by atoms with van der Waals surface area (Å²) in [6.07, 6.45) is 2.79. The minimum absolute atomic E-state index is 0.283. The van der Waals surface area contributed by atoms with Crippen molar-refractivity contribution >= 4 is 20.1 Å². The minimum atomic E-state index is -6.09. The molecule has 12 heteroatoms. The summed E-state index contributed by atoms with van der Waals surface area (Å²) in [4.78, 5) is 0.323. The van der Waals surface area contributed by atoms with E-state index in [4.69, 9.17) is 13.0 Å². The first-order valence-electron chi connectivity index (χ1n) is 10.9. The molecule has 0 bridgehead atoms. The molecule has 0 aromatic heterocycles. The summed E-state index contributed by atoms with van der Waals surface area (Å²) < 4.78 is 91.1. The standard InChI is InChI=1S/C23H29INO2S.CHF3O3S/c1-4-20(3)21(16-17-24-22-10-6-5-7-11-22)9-8-18-25-28(26,27)23-14-12-19(2)13-15-23;2-1(3,4)8(5,6)7/h5-7,10-15,20-21,25H,4,8-9,18H2,1-3H3;(H,5,6,7)/q+1;/p-1. The van der Waals surface area contributed by atoms with Crippen LogP contribution < -0.4 is 25.9 Å². The lowest BCUT2D eigenvalue weighted by Crippen LogP contribution is -3.59. The molecule has 6 nitrogen and oxygen atoms in total. The van der Waals surface area contributed by atoms with Crippen molar-refractivity contribution in [3.63, 3.8) is 0 Å². The molecule has 0 heterocycles. The molecule has 0 aliphatic carbocycles. The molecule has 36 heavy (non-hydrogen) atoms. The number of nitrogens with one attached hydrogen (secondary N) is 1. The molecule has 0 aliphatic rings. The van der Waals surface area contributed by atoms with Crippen LogP contribution in [-0.4, -0.2) is 33.4 Å². The van der Waals surface area contributed by atoms with E-state index in [1.807, 2.05) is 25.1 Å². The van der Waals surface area contributed by atoms with Gasteiger partial charge in [0.2, 0.25) is 13.6 Å². The Kier molecular flexibility index (Phi) is 13.4. The Labute approximate surface area is 222 Å². The first-order chi connectivity index (χ1) is 16.7. The summed E-state index contributed by atoms with van der Waals surface area (Å²) in [5.74, 6) is 4.31. The Hall–Kier alpha value is -1.66. The van der Waals surface area contributed by atoms with E-state index in [1.54, 1.807) is 12.1 Å². The minimum Gasteiger partial charge on any atom is -0.741 e. The van der Waals surface area contributed by atoms with Gasteiger partial charge in [-0.2, -0.15) is 13.2 Å². The van der Waals surface area contributed by atoms with Crippen molar-refractivity contribution in [2.75, 3.05) is 6.54 Å². The quantitative estimate of drug-likeness (QED) is 0.145. The van der Waals surface area contributed by atoms with Gasteiger partial charge in [0.05, 0.1) is 4.90 Å². The zero-order valence-corrected chi connectivity index (χ0v) is 23.8. The highest BCUT2D eigenvalue weighted by Crippen LogP contribution is 2.21. The van der Waals surface area contributed by atoms with E-state index in [0.29, 0.717) is 23.3 Å². The predicted molar refractivity (Wildman–Crippen MR) is 127 cm³/mol. The molecule has 0 radical (unpaired) electrons. The van der Waals surface area contributed by atoms with Crippen LogP contribution in [-0.2, 0) is 20.1 Å². The van der Waals surface area contributed by atoms with Crippen molar-refractivity contribution in [2.24, 2.45) is 11.8 Å². The monoisotopic (exact) mass is 659 g/mol. The highest BCUT2D eigenvalue weighted by molar-refractivity contribution is 7.89. The van der Waals surface area contributed by atoms with E-state index in [0.717, 1.165) is 24.8 Å². The Bertz CT molecular complexity index is 1210. The Morgan fingerprint density at radius 1 is 1.03 bits per heavy atom. The van der Waals surface area contributed by atoms with E-state index in [-0.39, 0.29) is 21.2 Å². The van der Waals surface area contributed by atoms with Gasteiger partial charge in [0.1, 0.15) is 0 Å². The fourth-order valence-corrected chi connectivity index (χ4v) is 5.46. The number of halogens is 4. The third-order valence-electron chi connectivity index (χ3n) is 5.06. The average Bonchev–Trinajstić information content (AvgIpc) is 2.80. The highest BCUT2D eigenvalue weighted by Gasteiger charge is 2.36. The number of alkyl halides is 3. The second-order valence-corrected chi connectivity index (χ2v) is 13.3. The van der Waals surface area contributed by atoms with Gasteiger partial charge in [-0.25, -0.2) is 21.6 Å². The van der Waals surface area contributed by atoms with Crippen molar-refractivity contribution in [1.82, 2.24) is 4.72 Å². The number of hydrogen-bond acceptors (Lipinski definition) is 5. The van der Waals surface area contributed by atoms with Gasteiger partial charge < -0.3 is 4.55 Å². The highest BCUT2D eigenvalue weighted by atomic mass is 127. The Balaban J connectivity index is 0.000000697. The van der Waals surface area contributed by atoms with Gasteiger partial charge in [0, 0.05) is 12.5 Å². The number of aryl methyl sites for hydroxylation is 1. The lowest BCUT2D eigenvalue weighted by Gasteiger charge is -2.16. The topological polar surface area (TPSA) is 103 Å². The average molecular weight is 660 g/mol. The maximum absolute atomic E-state index is 12.4. The summed E-state index contributed by atoms with van der Waals surface area (Å²) in [6.45, 7) is 6.81. The molecule has 0 amide bonds. The zero-order valence-electron chi connectivity index (χ0n) is 20.0. The van der Waals surface area contributed by atoms with E-state index in [2.05, 4.69) is 52.7 Å². The van der Waals surface area contributed by atoms with Gasteiger partial charge in [0.15, 0.2) is 14.0 Å². The fourth-order valence-electron chi connectivity index (χ4n) is 2.74. The maximum Gasteiger partial charge on any atom is 0.485 e. The van der Waals surface area contributed by atoms with Crippen LogP contribution in [0.5, 0.6) is 0 Å². The molecule has 0 aliphatic heterocycles. The van der Waals surface area contributed by atoms with E-state index >= 15 is 0 Å². The molecular formula is C24H29F3INO5S2. The third kappa shape index (κ3) is 12.1. The first kappa shape index (κ1) is 32.4. The van der Waals surface area contributed by atoms with Gasteiger partial charge in [-0.3, -0.25) is 0 Å². The third-order valence-corrected chi connectivity index (χ3v) is 9.03. The van der Waals surface area contributed by atoms with Crippen LogP contribution in [0.15, 0.2) is 59.5 Å².